The van der Waals surface area contributed by atoms with Crippen LogP contribution in [0, 0.1) is 6.92 Å². The Bertz CT molecular complexity index is 575. The number of anilines is 1. The van der Waals surface area contributed by atoms with Crippen LogP contribution in [0.3, 0.4) is 0 Å². The van der Waals surface area contributed by atoms with Crippen molar-refractivity contribution in [3.63, 3.8) is 0 Å². The molecule has 2 rings (SSSR count). The molecule has 2 aromatic heterocycles. The van der Waals surface area contributed by atoms with Crippen molar-refractivity contribution >= 4 is 11.7 Å². The number of pyridine rings is 1. The third-order valence-corrected chi connectivity index (χ3v) is 2.60. The first kappa shape index (κ1) is 12.2. The van der Waals surface area contributed by atoms with Gasteiger partial charge in [0.05, 0.1) is 12.8 Å². The van der Waals surface area contributed by atoms with Crippen molar-refractivity contribution in [1.29, 1.82) is 0 Å². The van der Waals surface area contributed by atoms with E-state index < -0.39 is 5.97 Å². The van der Waals surface area contributed by atoms with Crippen LogP contribution in [0.5, 0.6) is 0 Å². The lowest BCUT2D eigenvalue weighted by molar-refractivity contribution is 0.0589. The monoisotopic (exact) mass is 245 g/mol. The minimum Gasteiger partial charge on any atom is -0.464 e. The molecule has 0 amide bonds. The highest BCUT2D eigenvalue weighted by Gasteiger charge is 2.13. The highest BCUT2D eigenvalue weighted by Crippen LogP contribution is 2.14. The van der Waals surface area contributed by atoms with Crippen LogP contribution in [0.4, 0.5) is 5.69 Å². The van der Waals surface area contributed by atoms with Crippen LogP contribution in [-0.2, 0) is 11.3 Å². The molecule has 0 spiro atoms. The molecule has 0 atom stereocenters. The van der Waals surface area contributed by atoms with Crippen molar-refractivity contribution in [2.24, 2.45) is 0 Å². The van der Waals surface area contributed by atoms with Gasteiger partial charge in [-0.25, -0.2) is 4.79 Å². The van der Waals surface area contributed by atoms with Gasteiger partial charge in [-0.15, -0.1) is 0 Å². The van der Waals surface area contributed by atoms with E-state index >= 15 is 0 Å². The Morgan fingerprint density at radius 3 is 2.89 bits per heavy atom. The normalized spacial score (nSPS) is 10.3. The minimum absolute atomic E-state index is 0.396. The lowest BCUT2D eigenvalue weighted by Crippen LogP contribution is -2.10. The Kier molecular flexibility index (Phi) is 3.32. The zero-order valence-corrected chi connectivity index (χ0v) is 10.4. The molecule has 0 aliphatic heterocycles. The van der Waals surface area contributed by atoms with Crippen molar-refractivity contribution in [2.45, 2.75) is 13.5 Å². The van der Waals surface area contributed by atoms with Crippen LogP contribution in [-0.4, -0.2) is 22.6 Å². The molecule has 5 nitrogen and oxygen atoms in total. The SMILES string of the molecule is COC(=O)c1cc(N)cn1Cc1cncc(C)c1. The Morgan fingerprint density at radius 2 is 2.22 bits per heavy atom. The quantitative estimate of drug-likeness (QED) is 0.834. The molecule has 94 valence electrons. The second-order valence-corrected chi connectivity index (χ2v) is 4.15. The molecule has 2 N–H and O–H groups in total. The maximum Gasteiger partial charge on any atom is 0.354 e. The molecule has 18 heavy (non-hydrogen) atoms. The van der Waals surface area contributed by atoms with Gasteiger partial charge in [-0.2, -0.15) is 0 Å². The van der Waals surface area contributed by atoms with E-state index in [0.717, 1.165) is 11.1 Å². The summed E-state index contributed by atoms with van der Waals surface area (Å²) in [6.07, 6.45) is 5.27. The second-order valence-electron chi connectivity index (χ2n) is 4.15. The number of nitrogen functional groups attached to an aromatic ring is 1. The van der Waals surface area contributed by atoms with Crippen molar-refractivity contribution in [3.05, 3.63) is 47.5 Å². The number of methoxy groups -OCH3 is 1. The second kappa shape index (κ2) is 4.91. The fourth-order valence-corrected chi connectivity index (χ4v) is 1.84. The Hall–Kier alpha value is -2.30. The summed E-state index contributed by atoms with van der Waals surface area (Å²) >= 11 is 0. The van der Waals surface area contributed by atoms with Crippen molar-refractivity contribution in [2.75, 3.05) is 12.8 Å². The molecule has 0 radical (unpaired) electrons. The van der Waals surface area contributed by atoms with E-state index in [0.29, 0.717) is 17.9 Å². The van der Waals surface area contributed by atoms with Crippen molar-refractivity contribution < 1.29 is 9.53 Å². The number of carbonyl (C=O) groups excluding carboxylic acids is 1. The summed E-state index contributed by atoms with van der Waals surface area (Å²) in [6, 6.07) is 3.62. The van der Waals surface area contributed by atoms with E-state index in [-0.39, 0.29) is 0 Å². The van der Waals surface area contributed by atoms with Crippen molar-refractivity contribution in [3.8, 4) is 0 Å². The summed E-state index contributed by atoms with van der Waals surface area (Å²) < 4.78 is 6.48. The van der Waals surface area contributed by atoms with Gasteiger partial charge in [0.1, 0.15) is 5.69 Å². The van der Waals surface area contributed by atoms with E-state index in [1.165, 1.54) is 7.11 Å². The number of ether oxygens (including phenoxy) is 1. The molecule has 0 saturated carbocycles. The Morgan fingerprint density at radius 1 is 1.44 bits per heavy atom. The largest absolute Gasteiger partial charge is 0.464 e. The van der Waals surface area contributed by atoms with Crippen LogP contribution >= 0.6 is 0 Å². The predicted molar refractivity (Wildman–Crippen MR) is 68.3 cm³/mol. The standard InChI is InChI=1S/C13H15N3O2/c1-9-3-10(6-15-5-9)7-16-8-11(14)4-12(16)13(17)18-2/h3-6,8H,7,14H2,1-2H3. The van der Waals surface area contributed by atoms with Crippen LogP contribution in [0.1, 0.15) is 21.6 Å². The molecule has 0 unspecified atom stereocenters. The molecule has 0 aromatic carbocycles. The fourth-order valence-electron chi connectivity index (χ4n) is 1.84. The van der Waals surface area contributed by atoms with Gasteiger partial charge in [-0.1, -0.05) is 6.07 Å². The van der Waals surface area contributed by atoms with Crippen LogP contribution in [0.25, 0.3) is 0 Å². The number of aromatic nitrogens is 2. The highest BCUT2D eigenvalue weighted by atomic mass is 16.5. The first-order chi connectivity index (χ1) is 8.60. The number of hydrogen-bond acceptors (Lipinski definition) is 4. The molecule has 0 bridgehead atoms. The molecule has 0 fully saturated rings. The minimum atomic E-state index is -0.396. The summed E-state index contributed by atoms with van der Waals surface area (Å²) in [5.41, 5.74) is 8.78. The lowest BCUT2D eigenvalue weighted by atomic mass is 10.2. The summed E-state index contributed by atoms with van der Waals surface area (Å²) in [5.74, 6) is -0.396. The Balaban J connectivity index is 2.31. The smallest absolute Gasteiger partial charge is 0.354 e. The van der Waals surface area contributed by atoms with Crippen LogP contribution in [0.15, 0.2) is 30.7 Å². The highest BCUT2D eigenvalue weighted by molar-refractivity contribution is 5.89. The average molecular weight is 245 g/mol. The van der Waals surface area contributed by atoms with E-state index in [2.05, 4.69) is 4.98 Å². The van der Waals surface area contributed by atoms with E-state index in [9.17, 15) is 4.79 Å². The number of carbonyl (C=O) groups is 1. The number of nitrogens with zero attached hydrogens (tertiary/aromatic N) is 2. The number of esters is 1. The molecule has 0 aliphatic carbocycles. The number of nitrogens with two attached hydrogens (primary N) is 1. The fraction of sp³-hybridized carbons (Fsp3) is 0.231. The van der Waals surface area contributed by atoms with E-state index in [4.69, 9.17) is 10.5 Å². The van der Waals surface area contributed by atoms with Gasteiger partial charge < -0.3 is 15.0 Å². The molecule has 2 heterocycles. The van der Waals surface area contributed by atoms with E-state index in [1.54, 1.807) is 29.2 Å². The number of rotatable bonds is 3. The third kappa shape index (κ3) is 2.51. The van der Waals surface area contributed by atoms with Gasteiger partial charge in [0.25, 0.3) is 0 Å². The van der Waals surface area contributed by atoms with Crippen molar-refractivity contribution in [1.82, 2.24) is 9.55 Å². The zero-order valence-electron chi connectivity index (χ0n) is 10.4. The molecule has 5 heteroatoms. The topological polar surface area (TPSA) is 70.1 Å². The maximum atomic E-state index is 11.6. The first-order valence-electron chi connectivity index (χ1n) is 5.54. The number of aryl methyl sites for hydroxylation is 1. The van der Waals surface area contributed by atoms with Gasteiger partial charge in [0.15, 0.2) is 0 Å². The maximum absolute atomic E-state index is 11.6. The van der Waals surface area contributed by atoms with Gasteiger partial charge in [-0.3, -0.25) is 4.98 Å². The summed E-state index contributed by atoms with van der Waals surface area (Å²) in [4.78, 5) is 15.7. The van der Waals surface area contributed by atoms with E-state index in [1.807, 2.05) is 13.0 Å². The van der Waals surface area contributed by atoms with Gasteiger partial charge in [0, 0.05) is 25.1 Å². The molecular formula is C13H15N3O2. The summed E-state index contributed by atoms with van der Waals surface area (Å²) in [7, 11) is 1.35. The zero-order chi connectivity index (χ0) is 13.1. The number of hydrogen-bond donors (Lipinski definition) is 1. The first-order valence-corrected chi connectivity index (χ1v) is 5.54. The summed E-state index contributed by atoms with van der Waals surface area (Å²) in [5, 5.41) is 0. The molecular weight excluding hydrogens is 230 g/mol. The van der Waals surface area contributed by atoms with Gasteiger partial charge >= 0.3 is 5.97 Å². The van der Waals surface area contributed by atoms with Gasteiger partial charge in [-0.05, 0) is 24.1 Å². The predicted octanol–water partition coefficient (Wildman–Crippen LogP) is 1.61. The van der Waals surface area contributed by atoms with Crippen LogP contribution in [0.2, 0.25) is 0 Å². The van der Waals surface area contributed by atoms with Crippen LogP contribution < -0.4 is 5.73 Å². The summed E-state index contributed by atoms with van der Waals surface area (Å²) in [6.45, 7) is 2.51. The molecule has 0 saturated heterocycles. The van der Waals surface area contributed by atoms with Gasteiger partial charge in [0.2, 0.25) is 0 Å². The Labute approximate surface area is 105 Å². The third-order valence-electron chi connectivity index (χ3n) is 2.60. The molecule has 2 aromatic rings. The average Bonchev–Trinajstić information content (AvgIpc) is 2.69. The molecule has 0 aliphatic rings. The lowest BCUT2D eigenvalue weighted by Gasteiger charge is -2.07.